The molecule has 0 amide bonds. The number of alkyl halides is 1. The van der Waals surface area contributed by atoms with Crippen LogP contribution < -0.4 is 0 Å². The van der Waals surface area contributed by atoms with Crippen molar-refractivity contribution in [2.24, 2.45) is 0 Å². The van der Waals surface area contributed by atoms with E-state index >= 15 is 0 Å². The molecule has 2 nitrogen and oxygen atoms in total. The summed E-state index contributed by atoms with van der Waals surface area (Å²) in [4.78, 5) is 10.9. The van der Waals surface area contributed by atoms with Gasteiger partial charge < -0.3 is 4.74 Å². The van der Waals surface area contributed by atoms with Crippen LogP contribution in [0.3, 0.4) is 0 Å². The van der Waals surface area contributed by atoms with E-state index in [0.717, 1.165) is 0 Å². The number of carbonyl (C=O) groups excluding carboxylic acids is 1. The SMILES string of the molecule is COC(=O)c1ccc(C[18F])cc1. The topological polar surface area (TPSA) is 26.3 Å². The maximum atomic E-state index is 12.0. The van der Waals surface area contributed by atoms with Crippen molar-refractivity contribution in [2.45, 2.75) is 6.67 Å². The molecule has 12 heavy (non-hydrogen) atoms. The molecular weight excluding hydrogens is 158 g/mol. The second-order valence-electron chi connectivity index (χ2n) is 2.32. The van der Waals surface area contributed by atoms with Crippen LogP contribution >= 0.6 is 0 Å². The summed E-state index contributed by atoms with van der Waals surface area (Å²) in [6.45, 7) is -0.512. The summed E-state index contributed by atoms with van der Waals surface area (Å²) in [6.07, 6.45) is 0. The third-order valence-electron chi connectivity index (χ3n) is 1.53. The zero-order chi connectivity index (χ0) is 8.97. The largest absolute Gasteiger partial charge is 0.465 e. The summed E-state index contributed by atoms with van der Waals surface area (Å²) in [5.41, 5.74) is 0.998. The Kier molecular flexibility index (Phi) is 2.80. The molecular formula is C9H9FO2. The molecule has 0 saturated carbocycles. The van der Waals surface area contributed by atoms with Crippen LogP contribution in [0.5, 0.6) is 0 Å². The second-order valence-corrected chi connectivity index (χ2v) is 2.32. The molecule has 0 fully saturated rings. The number of halogens is 1. The molecule has 0 radical (unpaired) electrons. The minimum Gasteiger partial charge on any atom is -0.465 e. The third kappa shape index (κ3) is 1.81. The van der Waals surface area contributed by atoms with Crippen molar-refractivity contribution in [3.63, 3.8) is 0 Å². The molecule has 0 aliphatic heterocycles. The van der Waals surface area contributed by atoms with Crippen LogP contribution in [0.1, 0.15) is 15.9 Å². The molecule has 0 N–H and O–H groups in total. The smallest absolute Gasteiger partial charge is 0.337 e. The molecule has 0 bridgehead atoms. The van der Waals surface area contributed by atoms with Crippen molar-refractivity contribution < 1.29 is 13.9 Å². The number of hydrogen-bond acceptors (Lipinski definition) is 2. The molecule has 0 atom stereocenters. The quantitative estimate of drug-likeness (QED) is 0.629. The summed E-state index contributed by atoms with van der Waals surface area (Å²) in [6, 6.07) is 6.21. The number of carbonyl (C=O) groups is 1. The molecule has 1 rings (SSSR count). The zero-order valence-electron chi connectivity index (χ0n) is 6.71. The second kappa shape index (κ2) is 3.85. The lowest BCUT2D eigenvalue weighted by molar-refractivity contribution is 0.0600. The highest BCUT2D eigenvalue weighted by molar-refractivity contribution is 5.89. The highest BCUT2D eigenvalue weighted by Gasteiger charge is 2.03. The van der Waals surface area contributed by atoms with Gasteiger partial charge in [-0.05, 0) is 17.7 Å². The predicted octanol–water partition coefficient (Wildman–Crippen LogP) is 1.94. The Morgan fingerprint density at radius 2 is 2.00 bits per heavy atom. The normalized spacial score (nSPS) is 9.50. The van der Waals surface area contributed by atoms with E-state index < -0.39 is 12.6 Å². The molecule has 0 aliphatic rings. The first kappa shape index (κ1) is 8.71. The van der Waals surface area contributed by atoms with E-state index in [9.17, 15) is 9.18 Å². The van der Waals surface area contributed by atoms with Crippen LogP contribution in [0.25, 0.3) is 0 Å². The first-order valence-electron chi connectivity index (χ1n) is 3.51. The minimum atomic E-state index is -0.512. The molecule has 0 aromatic heterocycles. The average molecular weight is 167 g/mol. The molecule has 64 valence electrons. The summed E-state index contributed by atoms with van der Waals surface area (Å²) < 4.78 is 16.5. The third-order valence-corrected chi connectivity index (χ3v) is 1.53. The number of methoxy groups -OCH3 is 1. The summed E-state index contributed by atoms with van der Waals surface area (Å²) >= 11 is 0. The monoisotopic (exact) mass is 167 g/mol. The number of benzene rings is 1. The lowest BCUT2D eigenvalue weighted by Gasteiger charge is -1.98. The fourth-order valence-electron chi connectivity index (χ4n) is 0.848. The van der Waals surface area contributed by atoms with Crippen LogP contribution in [0, 0.1) is 0 Å². The van der Waals surface area contributed by atoms with Gasteiger partial charge in [-0.15, -0.1) is 0 Å². The van der Waals surface area contributed by atoms with Gasteiger partial charge in [-0.2, -0.15) is 0 Å². The van der Waals surface area contributed by atoms with Crippen molar-refractivity contribution in [3.8, 4) is 0 Å². The fraction of sp³-hybridized carbons (Fsp3) is 0.222. The summed E-state index contributed by atoms with van der Waals surface area (Å²) in [7, 11) is 1.31. The van der Waals surface area contributed by atoms with E-state index in [1.807, 2.05) is 0 Å². The van der Waals surface area contributed by atoms with Gasteiger partial charge in [-0.25, -0.2) is 9.18 Å². The predicted molar refractivity (Wildman–Crippen MR) is 42.6 cm³/mol. The van der Waals surface area contributed by atoms with Gasteiger partial charge in [0.1, 0.15) is 6.67 Å². The Morgan fingerprint density at radius 3 is 2.42 bits per heavy atom. The molecule has 0 unspecified atom stereocenters. The highest BCUT2D eigenvalue weighted by atomic mass is 18.2. The van der Waals surface area contributed by atoms with Crippen LogP contribution in [0.4, 0.5) is 4.39 Å². The van der Waals surface area contributed by atoms with Crippen LogP contribution in [0.15, 0.2) is 24.3 Å². The van der Waals surface area contributed by atoms with Gasteiger partial charge in [-0.3, -0.25) is 0 Å². The van der Waals surface area contributed by atoms with E-state index in [2.05, 4.69) is 4.74 Å². The number of hydrogen-bond donors (Lipinski definition) is 0. The van der Waals surface area contributed by atoms with E-state index in [0.29, 0.717) is 11.1 Å². The van der Waals surface area contributed by atoms with Crippen LogP contribution in [-0.4, -0.2) is 13.1 Å². The lowest BCUT2D eigenvalue weighted by Crippen LogP contribution is -2.00. The maximum absolute atomic E-state index is 12.0. The summed E-state index contributed by atoms with van der Waals surface area (Å²) in [5, 5.41) is 0. The van der Waals surface area contributed by atoms with Crippen LogP contribution in [0.2, 0.25) is 0 Å². The Labute approximate surface area is 70.0 Å². The first-order chi connectivity index (χ1) is 5.77. The van der Waals surface area contributed by atoms with Crippen molar-refractivity contribution in [2.75, 3.05) is 7.11 Å². The Balaban J connectivity index is 2.84. The van der Waals surface area contributed by atoms with Gasteiger partial charge in [0.2, 0.25) is 0 Å². The van der Waals surface area contributed by atoms with Gasteiger partial charge in [0.15, 0.2) is 0 Å². The standard InChI is InChI=1S/C9H9FO2/c1-12-9(11)8-4-2-7(6-10)3-5-8/h2-5H,6H2,1H3/i10-1. The van der Waals surface area contributed by atoms with Crippen molar-refractivity contribution in [1.29, 1.82) is 0 Å². The van der Waals surface area contributed by atoms with Crippen molar-refractivity contribution >= 4 is 5.97 Å². The number of rotatable bonds is 2. The van der Waals surface area contributed by atoms with Gasteiger partial charge >= 0.3 is 5.97 Å². The minimum absolute atomic E-state index is 0.402. The summed E-state index contributed by atoms with van der Waals surface area (Å²) in [5.74, 6) is -0.402. The first-order valence-corrected chi connectivity index (χ1v) is 3.51. The van der Waals surface area contributed by atoms with E-state index in [1.54, 1.807) is 24.3 Å². The van der Waals surface area contributed by atoms with Crippen molar-refractivity contribution in [3.05, 3.63) is 35.4 Å². The van der Waals surface area contributed by atoms with Gasteiger partial charge in [0.25, 0.3) is 0 Å². The lowest BCUT2D eigenvalue weighted by atomic mass is 10.1. The Morgan fingerprint density at radius 1 is 1.42 bits per heavy atom. The highest BCUT2D eigenvalue weighted by Crippen LogP contribution is 2.06. The average Bonchev–Trinajstić information content (AvgIpc) is 2.17. The van der Waals surface area contributed by atoms with Gasteiger partial charge in [-0.1, -0.05) is 12.1 Å². The molecule has 1 aromatic carbocycles. The van der Waals surface area contributed by atoms with Gasteiger partial charge in [0.05, 0.1) is 12.7 Å². The molecule has 0 spiro atoms. The molecule has 1 aromatic rings. The van der Waals surface area contributed by atoms with Gasteiger partial charge in [0, 0.05) is 0 Å². The zero-order valence-corrected chi connectivity index (χ0v) is 6.71. The molecule has 0 heterocycles. The van der Waals surface area contributed by atoms with Crippen LogP contribution in [-0.2, 0) is 11.4 Å². The number of esters is 1. The molecule has 3 heteroatoms. The maximum Gasteiger partial charge on any atom is 0.337 e. The van der Waals surface area contributed by atoms with E-state index in [1.165, 1.54) is 7.11 Å². The molecule has 0 aliphatic carbocycles. The number of ether oxygens (including phenoxy) is 1. The Hall–Kier alpha value is -1.38. The molecule has 0 saturated heterocycles. The fourth-order valence-corrected chi connectivity index (χ4v) is 0.848. The van der Waals surface area contributed by atoms with E-state index in [-0.39, 0.29) is 0 Å². The Bertz CT molecular complexity index is 266. The van der Waals surface area contributed by atoms with Crippen molar-refractivity contribution in [1.82, 2.24) is 0 Å². The van der Waals surface area contributed by atoms with E-state index in [4.69, 9.17) is 0 Å².